The number of anilines is 1. The molecule has 0 fully saturated rings. The molecule has 3 aromatic carbocycles. The fourth-order valence-electron chi connectivity index (χ4n) is 2.64. The van der Waals surface area contributed by atoms with Crippen molar-refractivity contribution in [3.05, 3.63) is 92.9 Å². The third kappa shape index (κ3) is 4.85. The summed E-state index contributed by atoms with van der Waals surface area (Å²) < 4.78 is 67.5. The van der Waals surface area contributed by atoms with Crippen molar-refractivity contribution in [2.75, 3.05) is 4.72 Å². The summed E-state index contributed by atoms with van der Waals surface area (Å²) in [5, 5.41) is -0.621. The molecule has 0 aliphatic carbocycles. The SMILES string of the molecule is O=C(c1ccccc1)c1ccc(Br)cc1NS(=O)(=O)c1ccc(Cl)c(C(F)(F)F)c1. The lowest BCUT2D eigenvalue weighted by Crippen LogP contribution is -2.17. The molecule has 0 unspecified atom stereocenters. The van der Waals surface area contributed by atoms with E-state index in [1.165, 1.54) is 12.1 Å². The molecule has 0 bridgehead atoms. The second-order valence-corrected chi connectivity index (χ2v) is 9.14. The molecule has 0 amide bonds. The molecule has 0 heterocycles. The van der Waals surface area contributed by atoms with Gasteiger partial charge in [0.1, 0.15) is 0 Å². The van der Waals surface area contributed by atoms with E-state index in [2.05, 4.69) is 20.7 Å². The highest BCUT2D eigenvalue weighted by molar-refractivity contribution is 9.10. The molecule has 10 heteroatoms. The molecule has 30 heavy (non-hydrogen) atoms. The number of hydrogen-bond acceptors (Lipinski definition) is 3. The fraction of sp³-hybridized carbons (Fsp3) is 0.0500. The van der Waals surface area contributed by atoms with E-state index in [0.29, 0.717) is 16.1 Å². The van der Waals surface area contributed by atoms with E-state index in [4.69, 9.17) is 11.6 Å². The molecule has 4 nitrogen and oxygen atoms in total. The van der Waals surface area contributed by atoms with Gasteiger partial charge in [-0.25, -0.2) is 8.42 Å². The van der Waals surface area contributed by atoms with Gasteiger partial charge in [0, 0.05) is 15.6 Å². The number of sulfonamides is 1. The molecule has 156 valence electrons. The van der Waals surface area contributed by atoms with Crippen molar-refractivity contribution in [1.29, 1.82) is 0 Å². The standard InChI is InChI=1S/C20H12BrClF3NO3S/c21-13-6-8-15(19(27)12-4-2-1-3-5-12)18(10-13)26-30(28,29)14-7-9-17(22)16(11-14)20(23,24)25/h1-11,26H. The summed E-state index contributed by atoms with van der Waals surface area (Å²) in [4.78, 5) is 12.2. The van der Waals surface area contributed by atoms with E-state index in [1.54, 1.807) is 36.4 Å². The zero-order chi connectivity index (χ0) is 22.1. The average molecular weight is 519 g/mol. The molecule has 0 aliphatic heterocycles. The van der Waals surface area contributed by atoms with Crippen LogP contribution < -0.4 is 4.72 Å². The normalized spacial score (nSPS) is 11.9. The quantitative estimate of drug-likeness (QED) is 0.412. The predicted octanol–water partition coefficient (Wildman–Crippen LogP) is 6.15. The van der Waals surface area contributed by atoms with Gasteiger partial charge in [0.15, 0.2) is 5.78 Å². The molecule has 0 atom stereocenters. The van der Waals surface area contributed by atoms with E-state index in [-0.39, 0.29) is 11.3 Å². The summed E-state index contributed by atoms with van der Waals surface area (Å²) in [5.41, 5.74) is -0.993. The molecule has 0 saturated heterocycles. The van der Waals surface area contributed by atoms with Crippen LogP contribution in [-0.2, 0) is 16.2 Å². The van der Waals surface area contributed by atoms with Gasteiger partial charge in [-0.15, -0.1) is 0 Å². The second-order valence-electron chi connectivity index (χ2n) is 6.13. The summed E-state index contributed by atoms with van der Waals surface area (Å²) in [6.07, 6.45) is -4.83. The number of halogens is 5. The van der Waals surface area contributed by atoms with Crippen LogP contribution in [0.2, 0.25) is 5.02 Å². The first-order chi connectivity index (χ1) is 14.0. The van der Waals surface area contributed by atoms with E-state index in [9.17, 15) is 26.4 Å². The van der Waals surface area contributed by atoms with Crippen LogP contribution in [0, 0.1) is 0 Å². The fourth-order valence-corrected chi connectivity index (χ4v) is 4.32. The van der Waals surface area contributed by atoms with Gasteiger partial charge in [-0.1, -0.05) is 57.9 Å². The van der Waals surface area contributed by atoms with E-state index < -0.39 is 37.5 Å². The van der Waals surface area contributed by atoms with Gasteiger partial charge in [0.05, 0.1) is 21.2 Å². The molecule has 0 saturated carbocycles. The molecular weight excluding hydrogens is 507 g/mol. The Bertz CT molecular complexity index is 1220. The highest BCUT2D eigenvalue weighted by Gasteiger charge is 2.34. The predicted molar refractivity (Wildman–Crippen MR) is 111 cm³/mol. The van der Waals surface area contributed by atoms with Gasteiger partial charge in [-0.3, -0.25) is 9.52 Å². The smallest absolute Gasteiger partial charge is 0.289 e. The molecule has 0 spiro atoms. The van der Waals surface area contributed by atoms with Crippen molar-refractivity contribution in [3.8, 4) is 0 Å². The monoisotopic (exact) mass is 517 g/mol. The minimum Gasteiger partial charge on any atom is -0.289 e. The Hall–Kier alpha value is -2.36. The van der Waals surface area contributed by atoms with Crippen LogP contribution in [0.1, 0.15) is 21.5 Å². The van der Waals surface area contributed by atoms with Gasteiger partial charge >= 0.3 is 6.18 Å². The summed E-state index contributed by atoms with van der Waals surface area (Å²) >= 11 is 8.76. The molecular formula is C20H12BrClF3NO3S. The first-order valence-electron chi connectivity index (χ1n) is 8.28. The molecule has 0 radical (unpaired) electrons. The van der Waals surface area contributed by atoms with Crippen LogP contribution in [-0.4, -0.2) is 14.2 Å². The van der Waals surface area contributed by atoms with Crippen molar-refractivity contribution in [2.24, 2.45) is 0 Å². The lowest BCUT2D eigenvalue weighted by molar-refractivity contribution is -0.137. The molecule has 3 rings (SSSR count). The highest BCUT2D eigenvalue weighted by atomic mass is 79.9. The van der Waals surface area contributed by atoms with Crippen molar-refractivity contribution >= 4 is 49.0 Å². The lowest BCUT2D eigenvalue weighted by atomic mass is 10.0. The lowest BCUT2D eigenvalue weighted by Gasteiger charge is -2.15. The Balaban J connectivity index is 2.04. The maximum Gasteiger partial charge on any atom is 0.417 e. The van der Waals surface area contributed by atoms with E-state index in [0.717, 1.165) is 12.1 Å². The van der Waals surface area contributed by atoms with Crippen LogP contribution in [0.3, 0.4) is 0 Å². The topological polar surface area (TPSA) is 63.2 Å². The van der Waals surface area contributed by atoms with Gasteiger partial charge in [-0.05, 0) is 36.4 Å². The highest BCUT2D eigenvalue weighted by Crippen LogP contribution is 2.36. The van der Waals surface area contributed by atoms with E-state index in [1.807, 2.05) is 0 Å². The number of ketones is 1. The summed E-state index contributed by atoms with van der Waals surface area (Å²) in [6, 6.07) is 14.8. The van der Waals surface area contributed by atoms with Crippen molar-refractivity contribution in [1.82, 2.24) is 0 Å². The number of nitrogens with one attached hydrogen (secondary N) is 1. The van der Waals surface area contributed by atoms with Crippen LogP contribution in [0.15, 0.2) is 76.1 Å². The van der Waals surface area contributed by atoms with Gasteiger partial charge in [-0.2, -0.15) is 13.2 Å². The average Bonchev–Trinajstić information content (AvgIpc) is 2.67. The maximum atomic E-state index is 13.1. The zero-order valence-corrected chi connectivity index (χ0v) is 18.0. The number of alkyl halides is 3. The first kappa shape index (κ1) is 22.3. The second kappa shape index (κ2) is 8.41. The molecule has 0 aromatic heterocycles. The van der Waals surface area contributed by atoms with Crippen LogP contribution >= 0.6 is 27.5 Å². The number of rotatable bonds is 5. The third-order valence-electron chi connectivity index (χ3n) is 4.06. The Labute approximate surface area is 183 Å². The Kier molecular flexibility index (Phi) is 6.26. The van der Waals surface area contributed by atoms with E-state index >= 15 is 0 Å². The minimum absolute atomic E-state index is 0.0398. The maximum absolute atomic E-state index is 13.1. The van der Waals surface area contributed by atoms with Crippen LogP contribution in [0.4, 0.5) is 18.9 Å². The van der Waals surface area contributed by atoms with Crippen LogP contribution in [0.5, 0.6) is 0 Å². The first-order valence-corrected chi connectivity index (χ1v) is 10.9. The molecule has 0 aliphatic rings. The molecule has 3 aromatic rings. The van der Waals surface area contributed by atoms with Crippen LogP contribution in [0.25, 0.3) is 0 Å². The number of carbonyl (C=O) groups is 1. The molecule has 1 N–H and O–H groups in total. The largest absolute Gasteiger partial charge is 0.417 e. The Morgan fingerprint density at radius 2 is 1.63 bits per heavy atom. The third-order valence-corrected chi connectivity index (χ3v) is 6.25. The van der Waals surface area contributed by atoms with Crippen molar-refractivity contribution in [3.63, 3.8) is 0 Å². The van der Waals surface area contributed by atoms with Gasteiger partial charge < -0.3 is 0 Å². The summed E-state index contributed by atoms with van der Waals surface area (Å²) in [6.45, 7) is 0. The zero-order valence-electron chi connectivity index (χ0n) is 14.9. The summed E-state index contributed by atoms with van der Waals surface area (Å²) in [7, 11) is -4.45. The number of hydrogen-bond donors (Lipinski definition) is 1. The Morgan fingerprint density at radius 1 is 0.967 bits per heavy atom. The summed E-state index contributed by atoms with van der Waals surface area (Å²) in [5.74, 6) is -0.451. The van der Waals surface area contributed by atoms with Crippen molar-refractivity contribution in [2.45, 2.75) is 11.1 Å². The van der Waals surface area contributed by atoms with Crippen molar-refractivity contribution < 1.29 is 26.4 Å². The van der Waals surface area contributed by atoms with Gasteiger partial charge in [0.25, 0.3) is 10.0 Å². The number of benzene rings is 3. The number of carbonyl (C=O) groups excluding carboxylic acids is 1. The van der Waals surface area contributed by atoms with Gasteiger partial charge in [0.2, 0.25) is 0 Å². The minimum atomic E-state index is -4.83. The Morgan fingerprint density at radius 3 is 2.27 bits per heavy atom.